The van der Waals surface area contributed by atoms with Crippen LogP contribution in [0.5, 0.6) is 17.2 Å². The molecule has 0 spiro atoms. The summed E-state index contributed by atoms with van der Waals surface area (Å²) in [4.78, 5) is 16.8. The maximum Gasteiger partial charge on any atom is 0.248 e. The van der Waals surface area contributed by atoms with E-state index in [4.69, 9.17) is 15.2 Å². The van der Waals surface area contributed by atoms with Gasteiger partial charge >= 0.3 is 0 Å². The van der Waals surface area contributed by atoms with E-state index in [-0.39, 0.29) is 6.61 Å². The van der Waals surface area contributed by atoms with Crippen LogP contribution in [0.25, 0.3) is 21.8 Å². The average Bonchev–Trinajstić information content (AvgIpc) is 3.32. The highest BCUT2D eigenvalue weighted by atomic mass is 16.5. The van der Waals surface area contributed by atoms with Gasteiger partial charge < -0.3 is 30.2 Å². The zero-order valence-electron chi connectivity index (χ0n) is 21.3. The Bertz CT molecular complexity index is 1530. The number of aromatic amines is 1. The minimum Gasteiger partial charge on any atom is -0.490 e. The van der Waals surface area contributed by atoms with Crippen LogP contribution in [0.3, 0.4) is 0 Å². The van der Waals surface area contributed by atoms with E-state index in [1.165, 1.54) is 0 Å². The third kappa shape index (κ3) is 5.58. The molecular formula is C31H31N3O4. The van der Waals surface area contributed by atoms with Crippen molar-refractivity contribution in [2.24, 2.45) is 5.73 Å². The van der Waals surface area contributed by atoms with Crippen LogP contribution in [-0.4, -0.2) is 41.8 Å². The fourth-order valence-electron chi connectivity index (χ4n) is 4.63. The second-order valence-electron chi connectivity index (χ2n) is 9.24. The van der Waals surface area contributed by atoms with Crippen molar-refractivity contribution in [1.82, 2.24) is 4.98 Å². The third-order valence-electron chi connectivity index (χ3n) is 6.42. The van der Waals surface area contributed by atoms with Crippen molar-refractivity contribution in [3.05, 3.63) is 96.6 Å². The number of nitrogens with one attached hydrogen (secondary N) is 1. The number of nitrogens with two attached hydrogens (primary N) is 1. The second-order valence-corrected chi connectivity index (χ2v) is 9.24. The van der Waals surface area contributed by atoms with Crippen molar-refractivity contribution in [3.63, 3.8) is 0 Å². The number of nitrogens with zero attached hydrogens (tertiary/aromatic N) is 1. The van der Waals surface area contributed by atoms with Crippen molar-refractivity contribution in [3.8, 4) is 17.2 Å². The Morgan fingerprint density at radius 3 is 2.32 bits per heavy atom. The molecule has 0 aliphatic carbocycles. The number of carbonyl (C=O) groups is 1. The molecule has 7 nitrogen and oxygen atoms in total. The molecule has 5 rings (SSSR count). The number of primary amides is 1. The molecule has 0 fully saturated rings. The van der Waals surface area contributed by atoms with E-state index in [2.05, 4.69) is 22.9 Å². The van der Waals surface area contributed by atoms with Crippen molar-refractivity contribution >= 4 is 33.4 Å². The first kappa shape index (κ1) is 25.2. The Hall–Kier alpha value is -4.49. The number of aliphatic hydroxyl groups excluding tert-OH is 1. The number of benzene rings is 4. The normalized spacial score (nSPS) is 11.9. The van der Waals surface area contributed by atoms with Crippen molar-refractivity contribution in [1.29, 1.82) is 0 Å². The Balaban J connectivity index is 1.23. The summed E-state index contributed by atoms with van der Waals surface area (Å²) in [7, 11) is 0. The number of hydrogen-bond donors (Lipinski definition) is 3. The summed E-state index contributed by atoms with van der Waals surface area (Å²) >= 11 is 0. The lowest BCUT2D eigenvalue weighted by Gasteiger charge is -2.27. The van der Waals surface area contributed by atoms with E-state index in [1.807, 2.05) is 60.7 Å². The first-order valence-electron chi connectivity index (χ1n) is 12.7. The minimum absolute atomic E-state index is 0.182. The summed E-state index contributed by atoms with van der Waals surface area (Å²) in [5.74, 6) is 1.57. The van der Waals surface area contributed by atoms with Crippen molar-refractivity contribution < 1.29 is 19.4 Å². The number of rotatable bonds is 11. The SMILES string of the molecule is CCCN(CC(O)COc1cccc2[nH]c3ccccc3c12)c1ccc(Oc2ccc(C(N)=O)cc2)cc1. The molecule has 0 saturated carbocycles. The molecule has 38 heavy (non-hydrogen) atoms. The number of ether oxygens (including phenoxy) is 2. The zero-order valence-corrected chi connectivity index (χ0v) is 21.3. The Morgan fingerprint density at radius 2 is 1.61 bits per heavy atom. The molecule has 4 N–H and O–H groups in total. The molecule has 4 aromatic carbocycles. The van der Waals surface area contributed by atoms with Gasteiger partial charge in [0.2, 0.25) is 5.91 Å². The van der Waals surface area contributed by atoms with Crippen molar-refractivity contribution in [2.75, 3.05) is 24.6 Å². The highest BCUT2D eigenvalue weighted by molar-refractivity contribution is 6.10. The largest absolute Gasteiger partial charge is 0.490 e. The second kappa shape index (κ2) is 11.3. The molecular weight excluding hydrogens is 478 g/mol. The van der Waals surface area contributed by atoms with Gasteiger partial charge in [0, 0.05) is 40.6 Å². The molecule has 194 valence electrons. The molecule has 0 radical (unpaired) electrons. The summed E-state index contributed by atoms with van der Waals surface area (Å²) in [5, 5.41) is 13.0. The van der Waals surface area contributed by atoms with Gasteiger partial charge in [-0.1, -0.05) is 31.2 Å². The molecule has 5 aromatic rings. The van der Waals surface area contributed by atoms with E-state index in [0.717, 1.165) is 46.2 Å². The van der Waals surface area contributed by atoms with E-state index in [0.29, 0.717) is 23.6 Å². The highest BCUT2D eigenvalue weighted by Crippen LogP contribution is 2.33. The van der Waals surface area contributed by atoms with Gasteiger partial charge in [-0.25, -0.2) is 0 Å². The van der Waals surface area contributed by atoms with E-state index in [1.54, 1.807) is 24.3 Å². The predicted octanol–water partition coefficient (Wildman–Crippen LogP) is 5.87. The predicted molar refractivity (Wildman–Crippen MR) is 151 cm³/mol. The van der Waals surface area contributed by atoms with Gasteiger partial charge in [0.15, 0.2) is 0 Å². The van der Waals surface area contributed by atoms with Gasteiger partial charge in [0.1, 0.15) is 30.0 Å². The number of anilines is 1. The number of aromatic nitrogens is 1. The average molecular weight is 510 g/mol. The number of para-hydroxylation sites is 1. The molecule has 1 amide bonds. The minimum atomic E-state index is -0.679. The first-order valence-corrected chi connectivity index (χ1v) is 12.7. The van der Waals surface area contributed by atoms with E-state index in [9.17, 15) is 9.90 Å². The Morgan fingerprint density at radius 1 is 0.921 bits per heavy atom. The maximum atomic E-state index is 11.3. The summed E-state index contributed by atoms with van der Waals surface area (Å²) in [5.41, 5.74) is 8.79. The van der Waals surface area contributed by atoms with Crippen LogP contribution in [0.1, 0.15) is 23.7 Å². The third-order valence-corrected chi connectivity index (χ3v) is 6.42. The van der Waals surface area contributed by atoms with Crippen LogP contribution in [0, 0.1) is 0 Å². The van der Waals surface area contributed by atoms with Crippen LogP contribution in [-0.2, 0) is 0 Å². The van der Waals surface area contributed by atoms with Crippen LogP contribution in [0.4, 0.5) is 5.69 Å². The lowest BCUT2D eigenvalue weighted by atomic mass is 10.1. The molecule has 7 heteroatoms. The molecule has 0 bridgehead atoms. The standard InChI is InChI=1S/C31H31N3O4/c1-2-18-34(22-12-16-25(17-13-22)38-24-14-10-21(11-15-24)31(32)36)19-23(35)20-37-29-9-5-8-28-30(29)26-6-3-4-7-27(26)33-28/h3-17,23,33,35H,2,18-20H2,1H3,(H2,32,36). The zero-order chi connectivity index (χ0) is 26.5. The fraction of sp³-hybridized carbons (Fsp3) is 0.194. The first-order chi connectivity index (χ1) is 18.5. The molecule has 0 aliphatic rings. The number of H-pyrrole nitrogens is 1. The quantitative estimate of drug-likeness (QED) is 0.207. The summed E-state index contributed by atoms with van der Waals surface area (Å²) in [6.45, 7) is 3.53. The highest BCUT2D eigenvalue weighted by Gasteiger charge is 2.15. The number of carbonyl (C=O) groups excluding carboxylic acids is 1. The summed E-state index contributed by atoms with van der Waals surface area (Å²) < 4.78 is 12.0. The number of amides is 1. The molecule has 1 atom stereocenters. The van der Waals surface area contributed by atoms with Crippen LogP contribution < -0.4 is 20.1 Å². The Kier molecular flexibility index (Phi) is 7.47. The van der Waals surface area contributed by atoms with Gasteiger partial charge in [0.05, 0.1) is 5.52 Å². The number of hydrogen-bond acceptors (Lipinski definition) is 5. The van der Waals surface area contributed by atoms with Gasteiger partial charge in [-0.3, -0.25) is 4.79 Å². The van der Waals surface area contributed by atoms with Gasteiger partial charge in [-0.2, -0.15) is 0 Å². The fourth-order valence-corrected chi connectivity index (χ4v) is 4.63. The van der Waals surface area contributed by atoms with Crippen LogP contribution in [0.15, 0.2) is 91.0 Å². The topological polar surface area (TPSA) is 101 Å². The molecule has 1 aromatic heterocycles. The van der Waals surface area contributed by atoms with Crippen LogP contribution >= 0.6 is 0 Å². The van der Waals surface area contributed by atoms with Gasteiger partial charge in [-0.05, 0) is 73.2 Å². The lowest BCUT2D eigenvalue weighted by molar-refractivity contribution is 0.1000. The summed E-state index contributed by atoms with van der Waals surface area (Å²) in [6.07, 6.45) is 0.258. The monoisotopic (exact) mass is 509 g/mol. The lowest BCUT2D eigenvalue weighted by Crippen LogP contribution is -2.36. The number of aliphatic hydroxyl groups is 1. The van der Waals surface area contributed by atoms with E-state index >= 15 is 0 Å². The number of fused-ring (bicyclic) bond motifs is 3. The smallest absolute Gasteiger partial charge is 0.248 e. The van der Waals surface area contributed by atoms with Gasteiger partial charge in [0.25, 0.3) is 0 Å². The van der Waals surface area contributed by atoms with Crippen LogP contribution in [0.2, 0.25) is 0 Å². The molecule has 1 unspecified atom stereocenters. The Labute approximate surface area is 221 Å². The van der Waals surface area contributed by atoms with Crippen molar-refractivity contribution in [2.45, 2.75) is 19.4 Å². The molecule has 1 heterocycles. The summed E-state index contributed by atoms with van der Waals surface area (Å²) in [6, 6.07) is 28.5. The maximum absolute atomic E-state index is 11.3. The molecule has 0 aliphatic heterocycles. The van der Waals surface area contributed by atoms with E-state index < -0.39 is 12.0 Å². The molecule has 0 saturated heterocycles. The van der Waals surface area contributed by atoms with Gasteiger partial charge in [-0.15, -0.1) is 0 Å².